The standard InChI is InChI=1S/C18H25N/c1-12-9-13(2)17-15(10-12)16(11-19-17)14-5-7-18(3,4)8-6-14/h9-11,14,19H,5-8H2,1-4H3. The minimum atomic E-state index is 0.550. The Morgan fingerprint density at radius 2 is 1.79 bits per heavy atom. The van der Waals surface area contributed by atoms with Crippen molar-refractivity contribution in [2.75, 3.05) is 0 Å². The van der Waals surface area contributed by atoms with Crippen LogP contribution < -0.4 is 0 Å². The number of benzene rings is 1. The van der Waals surface area contributed by atoms with Gasteiger partial charge in [0.05, 0.1) is 0 Å². The van der Waals surface area contributed by atoms with Crippen LogP contribution in [-0.2, 0) is 0 Å². The number of aryl methyl sites for hydroxylation is 2. The summed E-state index contributed by atoms with van der Waals surface area (Å²) in [4.78, 5) is 3.50. The SMILES string of the molecule is Cc1cc(C)c2[nH]cc(C3CCC(C)(C)CC3)c2c1. The molecular weight excluding hydrogens is 230 g/mol. The molecule has 1 aromatic heterocycles. The lowest BCUT2D eigenvalue weighted by atomic mass is 9.71. The normalized spacial score (nSPS) is 20.0. The van der Waals surface area contributed by atoms with E-state index in [1.165, 1.54) is 47.7 Å². The second-order valence-corrected chi connectivity index (χ2v) is 7.19. The Bertz CT molecular complexity index is 593. The topological polar surface area (TPSA) is 15.8 Å². The summed E-state index contributed by atoms with van der Waals surface area (Å²) in [5.41, 5.74) is 6.19. The van der Waals surface area contributed by atoms with Crippen LogP contribution in [0.4, 0.5) is 0 Å². The average molecular weight is 255 g/mol. The molecule has 0 spiro atoms. The molecule has 102 valence electrons. The number of H-pyrrole nitrogens is 1. The zero-order chi connectivity index (χ0) is 13.6. The highest BCUT2D eigenvalue weighted by molar-refractivity contribution is 5.87. The smallest absolute Gasteiger partial charge is 0.0486 e. The average Bonchev–Trinajstić information content (AvgIpc) is 2.73. The number of aromatic amines is 1. The summed E-state index contributed by atoms with van der Waals surface area (Å²) in [6.07, 6.45) is 7.66. The van der Waals surface area contributed by atoms with E-state index in [4.69, 9.17) is 0 Å². The second kappa shape index (κ2) is 4.40. The van der Waals surface area contributed by atoms with Crippen LogP contribution in [0.15, 0.2) is 18.3 Å². The maximum absolute atomic E-state index is 3.50. The van der Waals surface area contributed by atoms with Gasteiger partial charge in [-0.3, -0.25) is 0 Å². The zero-order valence-corrected chi connectivity index (χ0v) is 12.6. The number of aromatic nitrogens is 1. The van der Waals surface area contributed by atoms with Gasteiger partial charge in [-0.15, -0.1) is 0 Å². The summed E-state index contributed by atoms with van der Waals surface area (Å²) < 4.78 is 0. The lowest BCUT2D eigenvalue weighted by molar-refractivity contribution is 0.225. The number of rotatable bonds is 1. The fraction of sp³-hybridized carbons (Fsp3) is 0.556. The summed E-state index contributed by atoms with van der Waals surface area (Å²) in [5.74, 6) is 0.753. The predicted octanol–water partition coefficient (Wildman–Crippen LogP) is 5.47. The summed E-state index contributed by atoms with van der Waals surface area (Å²) >= 11 is 0. The van der Waals surface area contributed by atoms with Gasteiger partial charge in [-0.2, -0.15) is 0 Å². The Morgan fingerprint density at radius 1 is 1.11 bits per heavy atom. The first-order chi connectivity index (χ1) is 8.96. The quantitative estimate of drug-likeness (QED) is 0.695. The Morgan fingerprint density at radius 3 is 2.47 bits per heavy atom. The van der Waals surface area contributed by atoms with Gasteiger partial charge in [0.1, 0.15) is 0 Å². The molecule has 19 heavy (non-hydrogen) atoms. The van der Waals surface area contributed by atoms with Gasteiger partial charge in [0.25, 0.3) is 0 Å². The van der Waals surface area contributed by atoms with E-state index in [1.807, 2.05) is 0 Å². The molecule has 0 aliphatic heterocycles. The van der Waals surface area contributed by atoms with Crippen molar-refractivity contribution in [3.05, 3.63) is 35.0 Å². The lowest BCUT2D eigenvalue weighted by Gasteiger charge is -2.34. The minimum Gasteiger partial charge on any atom is -0.361 e. The molecule has 1 nitrogen and oxygen atoms in total. The number of hydrogen-bond acceptors (Lipinski definition) is 0. The molecule has 0 radical (unpaired) electrons. The Balaban J connectivity index is 1.98. The molecule has 0 bridgehead atoms. The van der Waals surface area contributed by atoms with Crippen LogP contribution in [0.1, 0.15) is 62.1 Å². The van der Waals surface area contributed by atoms with Crippen LogP contribution in [0.25, 0.3) is 10.9 Å². The Hall–Kier alpha value is -1.24. The van der Waals surface area contributed by atoms with Gasteiger partial charge >= 0.3 is 0 Å². The third kappa shape index (κ3) is 2.31. The van der Waals surface area contributed by atoms with Crippen molar-refractivity contribution in [2.45, 2.75) is 59.3 Å². The van der Waals surface area contributed by atoms with Crippen molar-refractivity contribution < 1.29 is 0 Å². The summed E-state index contributed by atoms with van der Waals surface area (Å²) in [6, 6.07) is 4.63. The van der Waals surface area contributed by atoms with E-state index in [9.17, 15) is 0 Å². The summed E-state index contributed by atoms with van der Waals surface area (Å²) in [5, 5.41) is 1.46. The number of hydrogen-bond donors (Lipinski definition) is 1. The van der Waals surface area contributed by atoms with Gasteiger partial charge in [0, 0.05) is 17.1 Å². The molecular formula is C18H25N. The monoisotopic (exact) mass is 255 g/mol. The first-order valence-electron chi connectivity index (χ1n) is 7.54. The van der Waals surface area contributed by atoms with Crippen molar-refractivity contribution >= 4 is 10.9 Å². The Labute approximate surface area is 116 Å². The third-order valence-corrected chi connectivity index (χ3v) is 4.94. The van der Waals surface area contributed by atoms with Gasteiger partial charge in [-0.25, -0.2) is 0 Å². The van der Waals surface area contributed by atoms with Crippen LogP contribution >= 0.6 is 0 Å². The highest BCUT2D eigenvalue weighted by Crippen LogP contribution is 2.44. The first-order valence-corrected chi connectivity index (χ1v) is 7.54. The van der Waals surface area contributed by atoms with Gasteiger partial charge in [-0.1, -0.05) is 25.5 Å². The molecule has 1 aliphatic rings. The lowest BCUT2D eigenvalue weighted by Crippen LogP contribution is -2.20. The fourth-order valence-electron chi connectivity index (χ4n) is 3.66. The molecule has 1 fully saturated rings. The molecule has 1 saturated carbocycles. The molecule has 1 heteroatoms. The highest BCUT2D eigenvalue weighted by Gasteiger charge is 2.28. The highest BCUT2D eigenvalue weighted by atomic mass is 14.7. The fourth-order valence-corrected chi connectivity index (χ4v) is 3.66. The van der Waals surface area contributed by atoms with Crippen LogP contribution in [0.3, 0.4) is 0 Å². The molecule has 1 aliphatic carbocycles. The predicted molar refractivity (Wildman–Crippen MR) is 82.8 cm³/mol. The van der Waals surface area contributed by atoms with Crippen molar-refractivity contribution in [3.8, 4) is 0 Å². The molecule has 3 rings (SSSR count). The van der Waals surface area contributed by atoms with Gasteiger partial charge in [0.15, 0.2) is 0 Å². The van der Waals surface area contributed by atoms with Crippen LogP contribution in [0.5, 0.6) is 0 Å². The molecule has 0 amide bonds. The largest absolute Gasteiger partial charge is 0.361 e. The maximum atomic E-state index is 3.50. The van der Waals surface area contributed by atoms with Crippen LogP contribution in [0.2, 0.25) is 0 Å². The van der Waals surface area contributed by atoms with E-state index < -0.39 is 0 Å². The molecule has 1 heterocycles. The minimum absolute atomic E-state index is 0.550. The molecule has 1 aromatic carbocycles. The van der Waals surface area contributed by atoms with E-state index in [2.05, 4.69) is 51.0 Å². The van der Waals surface area contributed by atoms with E-state index >= 15 is 0 Å². The van der Waals surface area contributed by atoms with E-state index in [1.54, 1.807) is 5.56 Å². The van der Waals surface area contributed by atoms with Crippen molar-refractivity contribution in [2.24, 2.45) is 5.41 Å². The summed E-state index contributed by atoms with van der Waals surface area (Å²) in [7, 11) is 0. The van der Waals surface area contributed by atoms with Crippen molar-refractivity contribution in [3.63, 3.8) is 0 Å². The van der Waals surface area contributed by atoms with Crippen LogP contribution in [-0.4, -0.2) is 4.98 Å². The van der Waals surface area contributed by atoms with Gasteiger partial charge < -0.3 is 4.98 Å². The molecule has 0 atom stereocenters. The van der Waals surface area contributed by atoms with Crippen LogP contribution in [0, 0.1) is 19.3 Å². The maximum Gasteiger partial charge on any atom is 0.0486 e. The molecule has 0 saturated heterocycles. The summed E-state index contributed by atoms with van der Waals surface area (Å²) in [6.45, 7) is 9.23. The van der Waals surface area contributed by atoms with Gasteiger partial charge in [-0.05, 0) is 68.1 Å². The second-order valence-electron chi connectivity index (χ2n) is 7.19. The number of fused-ring (bicyclic) bond motifs is 1. The molecule has 1 N–H and O–H groups in total. The number of nitrogens with one attached hydrogen (secondary N) is 1. The first kappa shape index (κ1) is 12.8. The van der Waals surface area contributed by atoms with Gasteiger partial charge in [0.2, 0.25) is 0 Å². The molecule has 0 unspecified atom stereocenters. The third-order valence-electron chi connectivity index (χ3n) is 4.94. The van der Waals surface area contributed by atoms with E-state index in [0.717, 1.165) is 5.92 Å². The molecule has 2 aromatic rings. The van der Waals surface area contributed by atoms with E-state index in [-0.39, 0.29) is 0 Å². The Kier molecular flexibility index (Phi) is 2.96. The van der Waals surface area contributed by atoms with Crippen molar-refractivity contribution in [1.82, 2.24) is 4.98 Å². The van der Waals surface area contributed by atoms with E-state index in [0.29, 0.717) is 5.41 Å². The zero-order valence-electron chi connectivity index (χ0n) is 12.6. The van der Waals surface area contributed by atoms with Crippen molar-refractivity contribution in [1.29, 1.82) is 0 Å².